The Balaban J connectivity index is 1.84. The van der Waals surface area contributed by atoms with E-state index in [1.807, 2.05) is 5.38 Å². The molecule has 1 aliphatic heterocycles. The van der Waals surface area contributed by atoms with Gasteiger partial charge in [0.1, 0.15) is 0 Å². The average molecular weight is 293 g/mol. The minimum absolute atomic E-state index is 0.138. The summed E-state index contributed by atoms with van der Waals surface area (Å²) in [6.07, 6.45) is 0.545. The summed E-state index contributed by atoms with van der Waals surface area (Å²) in [5.41, 5.74) is 6.60. The molecule has 0 saturated carbocycles. The molecule has 100 valence electrons. The summed E-state index contributed by atoms with van der Waals surface area (Å²) in [7, 11) is 0. The van der Waals surface area contributed by atoms with Crippen LogP contribution in [0.25, 0.3) is 10.6 Å². The summed E-state index contributed by atoms with van der Waals surface area (Å²) in [6.45, 7) is 3.34. The molecule has 0 spiro atoms. The first kappa shape index (κ1) is 12.8. The fraction of sp³-hybridized carbons (Fsp3) is 0.385. The van der Waals surface area contributed by atoms with Crippen LogP contribution in [-0.4, -0.2) is 24.0 Å². The highest BCUT2D eigenvalue weighted by atomic mass is 32.1. The first-order chi connectivity index (χ1) is 9.17. The summed E-state index contributed by atoms with van der Waals surface area (Å²) < 4.78 is 0. The maximum atomic E-state index is 11.9. The number of carbonyl (C=O) groups excluding carboxylic acids is 1. The van der Waals surface area contributed by atoms with E-state index in [2.05, 4.69) is 24.0 Å². The van der Waals surface area contributed by atoms with Crippen LogP contribution in [0.3, 0.4) is 0 Å². The van der Waals surface area contributed by atoms with Crippen molar-refractivity contribution in [3.63, 3.8) is 0 Å². The molecule has 1 unspecified atom stereocenters. The zero-order valence-corrected chi connectivity index (χ0v) is 12.3. The average Bonchev–Trinajstić information content (AvgIpc) is 3.07. The molecule has 2 aromatic rings. The lowest BCUT2D eigenvalue weighted by Gasteiger charge is -2.11. The van der Waals surface area contributed by atoms with Gasteiger partial charge in [-0.05, 0) is 31.5 Å². The van der Waals surface area contributed by atoms with Crippen LogP contribution in [0.15, 0.2) is 17.5 Å². The third-order valence-corrected chi connectivity index (χ3v) is 5.14. The number of nitrogens with zero attached hydrogens (tertiary/aromatic N) is 2. The normalized spacial score (nSPS) is 19.4. The van der Waals surface area contributed by atoms with E-state index in [1.54, 1.807) is 16.2 Å². The Morgan fingerprint density at radius 3 is 3.00 bits per heavy atom. The van der Waals surface area contributed by atoms with Crippen molar-refractivity contribution in [2.45, 2.75) is 13.3 Å². The van der Waals surface area contributed by atoms with E-state index in [4.69, 9.17) is 5.73 Å². The van der Waals surface area contributed by atoms with Crippen LogP contribution in [0.2, 0.25) is 0 Å². The molecule has 0 bridgehead atoms. The van der Waals surface area contributed by atoms with Crippen molar-refractivity contribution in [1.82, 2.24) is 4.98 Å². The summed E-state index contributed by atoms with van der Waals surface area (Å²) in [5.74, 6) is 0.405. The number of nitrogens with two attached hydrogens (primary N) is 1. The smallest absolute Gasteiger partial charge is 0.229 e. The van der Waals surface area contributed by atoms with E-state index in [1.165, 1.54) is 16.2 Å². The molecule has 0 aliphatic carbocycles. The molecule has 1 fully saturated rings. The maximum absolute atomic E-state index is 11.9. The number of amides is 1. The molecule has 2 aromatic heterocycles. The van der Waals surface area contributed by atoms with Gasteiger partial charge in [0.15, 0.2) is 5.13 Å². The van der Waals surface area contributed by atoms with Gasteiger partial charge in [-0.1, -0.05) is 0 Å². The van der Waals surface area contributed by atoms with Crippen LogP contribution < -0.4 is 10.6 Å². The number of aromatic nitrogens is 1. The van der Waals surface area contributed by atoms with Crippen molar-refractivity contribution in [2.24, 2.45) is 11.7 Å². The van der Waals surface area contributed by atoms with Crippen molar-refractivity contribution in [3.8, 4) is 10.6 Å². The Bertz CT molecular complexity index is 605. The zero-order chi connectivity index (χ0) is 13.4. The molecule has 3 heterocycles. The van der Waals surface area contributed by atoms with E-state index < -0.39 is 0 Å². The monoisotopic (exact) mass is 293 g/mol. The van der Waals surface area contributed by atoms with E-state index in [0.717, 1.165) is 15.7 Å². The highest BCUT2D eigenvalue weighted by Gasteiger charge is 2.31. The van der Waals surface area contributed by atoms with Crippen molar-refractivity contribution < 1.29 is 4.79 Å². The van der Waals surface area contributed by atoms with Gasteiger partial charge in [-0.2, -0.15) is 0 Å². The highest BCUT2D eigenvalue weighted by molar-refractivity contribution is 7.17. The van der Waals surface area contributed by atoms with Crippen LogP contribution in [0, 0.1) is 12.8 Å². The van der Waals surface area contributed by atoms with Crippen molar-refractivity contribution in [2.75, 3.05) is 18.0 Å². The minimum Gasteiger partial charge on any atom is -0.330 e. The quantitative estimate of drug-likeness (QED) is 0.946. The molecular formula is C13H15N3OS2. The number of hydrogen-bond acceptors (Lipinski definition) is 5. The summed E-state index contributed by atoms with van der Waals surface area (Å²) in [4.78, 5) is 20.7. The second-order valence-electron chi connectivity index (χ2n) is 4.74. The number of carbonyl (C=O) groups is 1. The van der Waals surface area contributed by atoms with Gasteiger partial charge in [0, 0.05) is 23.2 Å². The third kappa shape index (κ3) is 2.43. The number of thiophene rings is 1. The predicted octanol–water partition coefficient (Wildman–Crippen LogP) is 2.49. The van der Waals surface area contributed by atoms with Crippen molar-refractivity contribution in [1.29, 1.82) is 0 Å². The fourth-order valence-corrected chi connectivity index (χ4v) is 3.95. The van der Waals surface area contributed by atoms with Crippen LogP contribution >= 0.6 is 22.7 Å². The maximum Gasteiger partial charge on any atom is 0.229 e. The molecule has 3 rings (SSSR count). The number of thiazole rings is 1. The van der Waals surface area contributed by atoms with E-state index in [0.29, 0.717) is 19.5 Å². The Kier molecular flexibility index (Phi) is 3.38. The summed E-state index contributed by atoms with van der Waals surface area (Å²) in [5, 5.41) is 2.81. The second kappa shape index (κ2) is 5.03. The van der Waals surface area contributed by atoms with Gasteiger partial charge in [0.2, 0.25) is 5.91 Å². The highest BCUT2D eigenvalue weighted by Crippen LogP contribution is 2.33. The lowest BCUT2D eigenvalue weighted by atomic mass is 10.1. The molecular weight excluding hydrogens is 278 g/mol. The lowest BCUT2D eigenvalue weighted by Crippen LogP contribution is -2.25. The Hall–Kier alpha value is -1.24. The molecule has 1 atom stereocenters. The van der Waals surface area contributed by atoms with Gasteiger partial charge >= 0.3 is 0 Å². The van der Waals surface area contributed by atoms with Gasteiger partial charge in [0.05, 0.1) is 10.6 Å². The Morgan fingerprint density at radius 1 is 1.53 bits per heavy atom. The van der Waals surface area contributed by atoms with Crippen LogP contribution in [-0.2, 0) is 4.79 Å². The summed E-state index contributed by atoms with van der Waals surface area (Å²) >= 11 is 3.25. The standard InChI is InChI=1S/C13H15N3OS2/c1-8-2-3-11(19-8)10-7-18-13(15-10)16-6-9(5-14)4-12(16)17/h2-3,7,9H,4-6,14H2,1H3. The van der Waals surface area contributed by atoms with Gasteiger partial charge in [-0.3, -0.25) is 9.69 Å². The predicted molar refractivity (Wildman–Crippen MR) is 79.7 cm³/mol. The fourth-order valence-electron chi connectivity index (χ4n) is 2.20. The number of anilines is 1. The largest absolute Gasteiger partial charge is 0.330 e. The first-order valence-electron chi connectivity index (χ1n) is 6.20. The molecule has 4 nitrogen and oxygen atoms in total. The Labute approximate surface area is 119 Å². The van der Waals surface area contributed by atoms with Crippen LogP contribution in [0.1, 0.15) is 11.3 Å². The van der Waals surface area contributed by atoms with Crippen LogP contribution in [0.5, 0.6) is 0 Å². The number of aryl methyl sites for hydroxylation is 1. The second-order valence-corrected chi connectivity index (χ2v) is 6.86. The van der Waals surface area contributed by atoms with E-state index >= 15 is 0 Å². The van der Waals surface area contributed by atoms with Gasteiger partial charge in [0.25, 0.3) is 0 Å². The molecule has 1 saturated heterocycles. The molecule has 19 heavy (non-hydrogen) atoms. The number of hydrogen-bond donors (Lipinski definition) is 1. The first-order valence-corrected chi connectivity index (χ1v) is 7.89. The Morgan fingerprint density at radius 2 is 2.37 bits per heavy atom. The molecule has 1 aliphatic rings. The minimum atomic E-state index is 0.138. The number of rotatable bonds is 3. The third-order valence-electron chi connectivity index (χ3n) is 3.25. The topological polar surface area (TPSA) is 59.2 Å². The molecule has 2 N–H and O–H groups in total. The van der Waals surface area contributed by atoms with Gasteiger partial charge < -0.3 is 5.73 Å². The van der Waals surface area contributed by atoms with Gasteiger partial charge in [-0.15, -0.1) is 22.7 Å². The van der Waals surface area contributed by atoms with Crippen LogP contribution in [0.4, 0.5) is 5.13 Å². The summed E-state index contributed by atoms with van der Waals surface area (Å²) in [6, 6.07) is 4.16. The molecule has 6 heteroatoms. The molecule has 0 radical (unpaired) electrons. The lowest BCUT2D eigenvalue weighted by molar-refractivity contribution is -0.117. The van der Waals surface area contributed by atoms with E-state index in [-0.39, 0.29) is 11.8 Å². The molecule has 0 aromatic carbocycles. The van der Waals surface area contributed by atoms with Gasteiger partial charge in [-0.25, -0.2) is 4.98 Å². The van der Waals surface area contributed by atoms with Crippen molar-refractivity contribution in [3.05, 3.63) is 22.4 Å². The molecule has 1 amide bonds. The van der Waals surface area contributed by atoms with E-state index in [9.17, 15) is 4.79 Å². The SMILES string of the molecule is Cc1ccc(-c2csc(N3CC(CN)CC3=O)n2)s1. The van der Waals surface area contributed by atoms with Crippen molar-refractivity contribution >= 4 is 33.7 Å². The zero-order valence-electron chi connectivity index (χ0n) is 10.6.